The molecule has 1 N–H and O–H groups in total. The Morgan fingerprint density at radius 3 is 2.57 bits per heavy atom. The predicted molar refractivity (Wildman–Crippen MR) is 91.7 cm³/mol. The van der Waals surface area contributed by atoms with Crippen LogP contribution in [-0.4, -0.2) is 43.6 Å². The molecule has 2 aliphatic rings. The quantitative estimate of drug-likeness (QED) is 0.908. The monoisotopic (exact) mass is 316 g/mol. The maximum atomic E-state index is 12.4. The molecule has 0 bridgehead atoms. The smallest absolute Gasteiger partial charge is 0.222 e. The van der Waals surface area contributed by atoms with E-state index in [-0.39, 0.29) is 0 Å². The van der Waals surface area contributed by atoms with Crippen molar-refractivity contribution in [3.63, 3.8) is 0 Å². The molecule has 1 aromatic rings. The molecule has 1 aromatic carbocycles. The van der Waals surface area contributed by atoms with Crippen LogP contribution >= 0.6 is 0 Å². The summed E-state index contributed by atoms with van der Waals surface area (Å²) >= 11 is 0. The lowest BCUT2D eigenvalue weighted by molar-refractivity contribution is -0.133. The molecule has 0 aromatic heterocycles. The largest absolute Gasteiger partial charge is 0.494 e. The molecule has 23 heavy (non-hydrogen) atoms. The van der Waals surface area contributed by atoms with Crippen molar-refractivity contribution in [3.8, 4) is 5.75 Å². The first-order valence-electron chi connectivity index (χ1n) is 8.91. The predicted octanol–water partition coefficient (Wildman–Crippen LogP) is 2.62. The zero-order valence-electron chi connectivity index (χ0n) is 14.1. The number of nitrogens with zero attached hydrogens (tertiary/aromatic N) is 1. The van der Waals surface area contributed by atoms with E-state index in [1.165, 1.54) is 12.0 Å². The van der Waals surface area contributed by atoms with Crippen LogP contribution in [0.4, 0.5) is 0 Å². The third-order valence-corrected chi connectivity index (χ3v) is 5.37. The minimum atomic E-state index is 0.305. The lowest BCUT2D eigenvalue weighted by Gasteiger charge is -2.39. The Labute approximate surface area is 139 Å². The number of aryl methyl sites for hydroxylation is 1. The van der Waals surface area contributed by atoms with Crippen molar-refractivity contribution in [1.29, 1.82) is 0 Å². The first kappa shape index (κ1) is 16.3. The highest BCUT2D eigenvalue weighted by molar-refractivity contribution is 5.76. The standard InChI is InChI=1S/C19H28N2O2/c1-2-23-17-6-3-16(4-7-17)5-8-18(22)21-13-10-19(11-14-21)9-12-20-15-19/h3-4,6-7,20H,2,5,8-15H2,1H3. The number of rotatable bonds is 5. The van der Waals surface area contributed by atoms with Gasteiger partial charge in [0.15, 0.2) is 0 Å². The molecule has 126 valence electrons. The molecule has 4 nitrogen and oxygen atoms in total. The minimum Gasteiger partial charge on any atom is -0.494 e. The van der Waals surface area contributed by atoms with Gasteiger partial charge in [0.05, 0.1) is 6.61 Å². The molecule has 4 heteroatoms. The summed E-state index contributed by atoms with van der Waals surface area (Å²) in [5.41, 5.74) is 1.68. The zero-order valence-corrected chi connectivity index (χ0v) is 14.1. The van der Waals surface area contributed by atoms with Crippen LogP contribution in [0.2, 0.25) is 0 Å². The van der Waals surface area contributed by atoms with Crippen LogP contribution in [0, 0.1) is 5.41 Å². The summed E-state index contributed by atoms with van der Waals surface area (Å²) in [5.74, 6) is 1.20. The fourth-order valence-electron chi connectivity index (χ4n) is 3.78. The number of carbonyl (C=O) groups is 1. The molecule has 0 atom stereocenters. The van der Waals surface area contributed by atoms with E-state index < -0.39 is 0 Å². The number of benzene rings is 1. The Morgan fingerprint density at radius 1 is 1.22 bits per heavy atom. The first-order chi connectivity index (χ1) is 11.2. The maximum Gasteiger partial charge on any atom is 0.222 e. The van der Waals surface area contributed by atoms with Crippen molar-refractivity contribution in [1.82, 2.24) is 10.2 Å². The van der Waals surface area contributed by atoms with Crippen LogP contribution < -0.4 is 10.1 Å². The average molecular weight is 316 g/mol. The number of hydrogen-bond acceptors (Lipinski definition) is 3. The summed E-state index contributed by atoms with van der Waals surface area (Å²) in [6, 6.07) is 8.10. The first-order valence-corrected chi connectivity index (χ1v) is 8.91. The van der Waals surface area contributed by atoms with Crippen molar-refractivity contribution < 1.29 is 9.53 Å². The highest BCUT2D eigenvalue weighted by Gasteiger charge is 2.37. The van der Waals surface area contributed by atoms with Crippen molar-refractivity contribution in [2.45, 2.75) is 39.0 Å². The van der Waals surface area contributed by atoms with Crippen molar-refractivity contribution in [3.05, 3.63) is 29.8 Å². The molecule has 3 rings (SSSR count). The van der Waals surface area contributed by atoms with Gasteiger partial charge >= 0.3 is 0 Å². The van der Waals surface area contributed by atoms with E-state index in [1.54, 1.807) is 0 Å². The molecule has 1 amide bonds. The summed E-state index contributed by atoms with van der Waals surface area (Å²) in [6.45, 7) is 6.82. The third-order valence-electron chi connectivity index (χ3n) is 5.37. The second-order valence-corrected chi connectivity index (χ2v) is 6.88. The Kier molecular flexibility index (Phi) is 5.21. The van der Waals surface area contributed by atoms with E-state index in [9.17, 15) is 4.79 Å². The molecule has 0 unspecified atom stereocenters. The molecule has 1 spiro atoms. The highest BCUT2D eigenvalue weighted by Crippen LogP contribution is 2.37. The molecule has 2 aliphatic heterocycles. The van der Waals surface area contributed by atoms with Crippen LogP contribution in [0.1, 0.15) is 38.2 Å². The van der Waals surface area contributed by atoms with E-state index in [1.807, 2.05) is 19.1 Å². The van der Waals surface area contributed by atoms with Gasteiger partial charge in [-0.15, -0.1) is 0 Å². The summed E-state index contributed by atoms with van der Waals surface area (Å²) in [5, 5.41) is 3.47. The lowest BCUT2D eigenvalue weighted by Crippen LogP contribution is -2.44. The van der Waals surface area contributed by atoms with Crippen molar-refractivity contribution >= 4 is 5.91 Å². The summed E-state index contributed by atoms with van der Waals surface area (Å²) in [6.07, 6.45) is 5.03. The number of hydrogen-bond donors (Lipinski definition) is 1. The SMILES string of the molecule is CCOc1ccc(CCC(=O)N2CCC3(CCNC3)CC2)cc1. The van der Waals surface area contributed by atoms with Gasteiger partial charge in [0.2, 0.25) is 5.91 Å². The van der Waals surface area contributed by atoms with Gasteiger partial charge < -0.3 is 15.0 Å². The van der Waals surface area contributed by atoms with Crippen LogP contribution in [0.3, 0.4) is 0 Å². The maximum absolute atomic E-state index is 12.4. The summed E-state index contributed by atoms with van der Waals surface area (Å²) in [4.78, 5) is 14.5. The molecule has 2 heterocycles. The number of piperidine rings is 1. The van der Waals surface area contributed by atoms with Crippen molar-refractivity contribution in [2.24, 2.45) is 5.41 Å². The van der Waals surface area contributed by atoms with Gasteiger partial charge in [-0.25, -0.2) is 0 Å². The Balaban J connectivity index is 1.44. The normalized spacial score (nSPS) is 20.0. The van der Waals surface area contributed by atoms with E-state index in [2.05, 4.69) is 22.3 Å². The fourth-order valence-corrected chi connectivity index (χ4v) is 3.78. The number of carbonyl (C=O) groups excluding carboxylic acids is 1. The van der Waals surface area contributed by atoms with Crippen molar-refractivity contribution in [2.75, 3.05) is 32.8 Å². The van der Waals surface area contributed by atoms with Crippen LogP contribution in [0.25, 0.3) is 0 Å². The van der Waals surface area contributed by atoms with E-state index in [0.29, 0.717) is 24.3 Å². The fraction of sp³-hybridized carbons (Fsp3) is 0.632. The summed E-state index contributed by atoms with van der Waals surface area (Å²) in [7, 11) is 0. The third kappa shape index (κ3) is 4.05. The Morgan fingerprint density at radius 2 is 1.96 bits per heavy atom. The highest BCUT2D eigenvalue weighted by atomic mass is 16.5. The lowest BCUT2D eigenvalue weighted by atomic mass is 9.78. The van der Waals surface area contributed by atoms with Gasteiger partial charge in [0.1, 0.15) is 5.75 Å². The Hall–Kier alpha value is -1.55. The van der Waals surface area contributed by atoms with Gasteiger partial charge in [-0.3, -0.25) is 4.79 Å². The average Bonchev–Trinajstić information content (AvgIpc) is 3.03. The molecule has 0 radical (unpaired) electrons. The number of likely N-dealkylation sites (tertiary alicyclic amines) is 1. The number of ether oxygens (including phenoxy) is 1. The van der Waals surface area contributed by atoms with E-state index in [4.69, 9.17) is 4.74 Å². The minimum absolute atomic E-state index is 0.305. The molecular weight excluding hydrogens is 288 g/mol. The molecule has 2 saturated heterocycles. The van der Waals surface area contributed by atoms with Gasteiger partial charge in [0, 0.05) is 26.1 Å². The van der Waals surface area contributed by atoms with E-state index >= 15 is 0 Å². The van der Waals surface area contributed by atoms with Gasteiger partial charge in [-0.2, -0.15) is 0 Å². The van der Waals surface area contributed by atoms with E-state index in [0.717, 1.165) is 51.2 Å². The summed E-state index contributed by atoms with van der Waals surface area (Å²) < 4.78 is 5.45. The molecule has 2 fully saturated rings. The number of nitrogens with one attached hydrogen (secondary N) is 1. The molecule has 0 saturated carbocycles. The molecule has 0 aliphatic carbocycles. The van der Waals surface area contributed by atoms with Crippen LogP contribution in [0.15, 0.2) is 24.3 Å². The zero-order chi connectivity index (χ0) is 16.1. The van der Waals surface area contributed by atoms with Gasteiger partial charge in [-0.05, 0) is 62.3 Å². The van der Waals surface area contributed by atoms with Gasteiger partial charge in [-0.1, -0.05) is 12.1 Å². The topological polar surface area (TPSA) is 41.6 Å². The second-order valence-electron chi connectivity index (χ2n) is 6.88. The second kappa shape index (κ2) is 7.35. The van der Waals surface area contributed by atoms with Gasteiger partial charge in [0.25, 0.3) is 0 Å². The number of amides is 1. The van der Waals surface area contributed by atoms with Crippen LogP contribution in [0.5, 0.6) is 5.75 Å². The Bertz CT molecular complexity index is 511. The van der Waals surface area contributed by atoms with Crippen LogP contribution in [-0.2, 0) is 11.2 Å². The molecular formula is C19H28N2O2.